The molecule has 1 aromatic heterocycles. The van der Waals surface area contributed by atoms with Crippen LogP contribution in [0.4, 0.5) is 4.79 Å². The molecule has 0 spiro atoms. The minimum absolute atomic E-state index is 0.281. The highest BCUT2D eigenvalue weighted by atomic mass is 16.2. The van der Waals surface area contributed by atoms with Gasteiger partial charge in [0.15, 0.2) is 0 Å². The average molecular weight is 384 g/mol. The summed E-state index contributed by atoms with van der Waals surface area (Å²) in [6.45, 7) is 2.86. The Balaban J connectivity index is 1.75. The number of carbonyl (C=O) groups excluding carboxylic acids is 2. The van der Waals surface area contributed by atoms with Crippen LogP contribution in [0.5, 0.6) is 0 Å². The molecule has 29 heavy (non-hydrogen) atoms. The lowest BCUT2D eigenvalue weighted by atomic mass is 10.1. The summed E-state index contributed by atoms with van der Waals surface area (Å²) in [5.41, 5.74) is 3.68. The molecule has 0 unspecified atom stereocenters. The molecule has 3 aromatic rings. The molecule has 3 amide bonds. The molecule has 4 rings (SSSR count). The highest BCUT2D eigenvalue weighted by molar-refractivity contribution is 6.14. The molecular formula is C23H20N4O2. The number of para-hydroxylation sites is 1. The zero-order chi connectivity index (χ0) is 20.4. The topological polar surface area (TPSA) is 78.1 Å². The van der Waals surface area contributed by atoms with Gasteiger partial charge < -0.3 is 9.88 Å². The SMILES string of the molecule is CCCN1C(=O)N/C(=C/c2cn(Cc3ccccc3C#N)c3ccccc23)C1=O. The molecule has 6 nitrogen and oxygen atoms in total. The van der Waals surface area contributed by atoms with Crippen molar-refractivity contribution in [3.05, 3.63) is 77.1 Å². The molecule has 0 atom stereocenters. The largest absolute Gasteiger partial charge is 0.342 e. The zero-order valence-electron chi connectivity index (χ0n) is 16.1. The number of urea groups is 1. The summed E-state index contributed by atoms with van der Waals surface area (Å²) >= 11 is 0. The first-order chi connectivity index (χ1) is 14.1. The van der Waals surface area contributed by atoms with Crippen LogP contribution in [0.1, 0.15) is 30.0 Å². The van der Waals surface area contributed by atoms with Gasteiger partial charge in [-0.3, -0.25) is 9.69 Å². The van der Waals surface area contributed by atoms with Crippen LogP contribution in [0, 0.1) is 11.3 Å². The minimum Gasteiger partial charge on any atom is -0.342 e. The van der Waals surface area contributed by atoms with Gasteiger partial charge in [-0.25, -0.2) is 4.79 Å². The van der Waals surface area contributed by atoms with Crippen LogP contribution in [0.25, 0.3) is 17.0 Å². The van der Waals surface area contributed by atoms with Crippen molar-refractivity contribution in [2.75, 3.05) is 6.54 Å². The third kappa shape index (κ3) is 3.39. The highest BCUT2D eigenvalue weighted by Gasteiger charge is 2.32. The standard InChI is InChI=1S/C23H20N4O2/c1-2-11-27-22(28)20(25-23(27)29)12-18-15-26(21-10-6-5-9-19(18)21)14-17-8-4-3-7-16(17)13-24/h3-10,12,15H,2,11,14H2,1H3,(H,25,29)/b20-12+. The molecule has 0 bridgehead atoms. The van der Waals surface area contributed by atoms with Crippen molar-refractivity contribution in [1.82, 2.24) is 14.8 Å². The maximum Gasteiger partial charge on any atom is 0.329 e. The lowest BCUT2D eigenvalue weighted by molar-refractivity contribution is -0.122. The van der Waals surface area contributed by atoms with E-state index in [2.05, 4.69) is 16.0 Å². The minimum atomic E-state index is -0.380. The van der Waals surface area contributed by atoms with Crippen molar-refractivity contribution in [2.45, 2.75) is 19.9 Å². The van der Waals surface area contributed by atoms with E-state index in [0.717, 1.165) is 22.0 Å². The maximum absolute atomic E-state index is 12.6. The number of benzene rings is 2. The third-order valence-corrected chi connectivity index (χ3v) is 5.01. The lowest BCUT2D eigenvalue weighted by Gasteiger charge is -2.08. The second kappa shape index (κ2) is 7.64. The van der Waals surface area contributed by atoms with E-state index in [1.807, 2.05) is 55.6 Å². The Morgan fingerprint density at radius 1 is 1.10 bits per heavy atom. The summed E-state index contributed by atoms with van der Waals surface area (Å²) < 4.78 is 2.06. The summed E-state index contributed by atoms with van der Waals surface area (Å²) in [4.78, 5) is 25.9. The van der Waals surface area contributed by atoms with Crippen LogP contribution in [-0.2, 0) is 11.3 Å². The van der Waals surface area contributed by atoms with Gasteiger partial charge >= 0.3 is 6.03 Å². The van der Waals surface area contributed by atoms with Crippen LogP contribution in [0.3, 0.4) is 0 Å². The van der Waals surface area contributed by atoms with Crippen molar-refractivity contribution in [2.24, 2.45) is 0 Å². The summed E-state index contributed by atoms with van der Waals surface area (Å²) in [6.07, 6.45) is 4.39. The van der Waals surface area contributed by atoms with Crippen molar-refractivity contribution in [3.8, 4) is 6.07 Å². The number of hydrogen-bond acceptors (Lipinski definition) is 3. The smallest absolute Gasteiger partial charge is 0.329 e. The predicted molar refractivity (Wildman–Crippen MR) is 111 cm³/mol. The second-order valence-corrected chi connectivity index (χ2v) is 6.94. The fourth-order valence-electron chi connectivity index (χ4n) is 3.63. The van der Waals surface area contributed by atoms with E-state index in [1.165, 1.54) is 4.90 Å². The molecule has 1 N–H and O–H groups in total. The van der Waals surface area contributed by atoms with E-state index in [0.29, 0.717) is 25.1 Å². The molecule has 2 aromatic carbocycles. The Hall–Kier alpha value is -3.85. The predicted octanol–water partition coefficient (Wildman–Crippen LogP) is 3.86. The molecule has 0 saturated carbocycles. The monoisotopic (exact) mass is 384 g/mol. The highest BCUT2D eigenvalue weighted by Crippen LogP contribution is 2.26. The van der Waals surface area contributed by atoms with Gasteiger partial charge in [-0.05, 0) is 30.2 Å². The van der Waals surface area contributed by atoms with E-state index >= 15 is 0 Å². The zero-order valence-corrected chi connectivity index (χ0v) is 16.1. The Labute approximate surface area is 168 Å². The Bertz CT molecular complexity index is 1180. The normalized spacial score (nSPS) is 15.2. The van der Waals surface area contributed by atoms with Crippen LogP contribution in [0.2, 0.25) is 0 Å². The van der Waals surface area contributed by atoms with Crippen molar-refractivity contribution >= 4 is 28.9 Å². The van der Waals surface area contributed by atoms with Gasteiger partial charge in [-0.15, -0.1) is 0 Å². The number of nitrogens with zero attached hydrogens (tertiary/aromatic N) is 3. The number of amides is 3. The molecule has 0 aliphatic carbocycles. The van der Waals surface area contributed by atoms with Gasteiger partial charge in [0.25, 0.3) is 5.91 Å². The first-order valence-electron chi connectivity index (χ1n) is 9.52. The van der Waals surface area contributed by atoms with Crippen molar-refractivity contribution < 1.29 is 9.59 Å². The van der Waals surface area contributed by atoms with Crippen LogP contribution in [0.15, 0.2) is 60.4 Å². The van der Waals surface area contributed by atoms with E-state index in [4.69, 9.17) is 0 Å². The Morgan fingerprint density at radius 3 is 2.66 bits per heavy atom. The second-order valence-electron chi connectivity index (χ2n) is 6.94. The van der Waals surface area contributed by atoms with Gasteiger partial charge in [0.1, 0.15) is 5.70 Å². The Morgan fingerprint density at radius 2 is 1.86 bits per heavy atom. The van der Waals surface area contributed by atoms with Gasteiger partial charge in [0.2, 0.25) is 0 Å². The average Bonchev–Trinajstić information content (AvgIpc) is 3.21. The quantitative estimate of drug-likeness (QED) is 0.536. The number of nitrogens with one attached hydrogen (secondary N) is 1. The molecule has 144 valence electrons. The van der Waals surface area contributed by atoms with Crippen LogP contribution in [-0.4, -0.2) is 28.0 Å². The molecule has 1 aliphatic heterocycles. The van der Waals surface area contributed by atoms with E-state index in [1.54, 1.807) is 12.1 Å². The first-order valence-corrected chi connectivity index (χ1v) is 9.52. The first kappa shape index (κ1) is 18.5. The Kier molecular flexibility index (Phi) is 4.88. The molecule has 1 aliphatic rings. The van der Waals surface area contributed by atoms with Crippen LogP contribution >= 0.6 is 0 Å². The van der Waals surface area contributed by atoms with E-state index in [-0.39, 0.29) is 17.6 Å². The van der Waals surface area contributed by atoms with Gasteiger partial charge in [-0.2, -0.15) is 5.26 Å². The molecular weight excluding hydrogens is 364 g/mol. The third-order valence-electron chi connectivity index (χ3n) is 5.01. The fraction of sp³-hybridized carbons (Fsp3) is 0.174. The maximum atomic E-state index is 12.6. The van der Waals surface area contributed by atoms with Crippen LogP contribution < -0.4 is 5.32 Å². The molecule has 1 fully saturated rings. The number of hydrogen-bond donors (Lipinski definition) is 1. The summed E-state index contributed by atoms with van der Waals surface area (Å²) in [7, 11) is 0. The molecule has 0 radical (unpaired) electrons. The van der Waals surface area contributed by atoms with Gasteiger partial charge in [-0.1, -0.05) is 43.3 Å². The van der Waals surface area contributed by atoms with Crippen molar-refractivity contribution in [3.63, 3.8) is 0 Å². The summed E-state index contributed by atoms with van der Waals surface area (Å²) in [5, 5.41) is 13.0. The number of imide groups is 1. The number of fused-ring (bicyclic) bond motifs is 1. The number of carbonyl (C=O) groups is 2. The van der Waals surface area contributed by atoms with Gasteiger partial charge in [0, 0.05) is 35.8 Å². The molecule has 6 heteroatoms. The van der Waals surface area contributed by atoms with Crippen molar-refractivity contribution in [1.29, 1.82) is 5.26 Å². The molecule has 1 saturated heterocycles. The summed E-state index contributed by atoms with van der Waals surface area (Å²) in [5.74, 6) is -0.302. The van der Waals surface area contributed by atoms with Gasteiger partial charge in [0.05, 0.1) is 11.6 Å². The van der Waals surface area contributed by atoms with E-state index in [9.17, 15) is 14.9 Å². The number of nitriles is 1. The lowest BCUT2D eigenvalue weighted by Crippen LogP contribution is -2.31. The summed E-state index contributed by atoms with van der Waals surface area (Å²) in [6, 6.07) is 17.3. The van der Waals surface area contributed by atoms with E-state index < -0.39 is 0 Å². The number of rotatable bonds is 5. The fourth-order valence-corrected chi connectivity index (χ4v) is 3.63. The number of aromatic nitrogens is 1. The molecule has 2 heterocycles.